The van der Waals surface area contributed by atoms with Gasteiger partial charge in [0.1, 0.15) is 0 Å². The fraction of sp³-hybridized carbons (Fsp3) is 0.750. The van der Waals surface area contributed by atoms with Crippen molar-refractivity contribution in [1.29, 1.82) is 0 Å². The van der Waals surface area contributed by atoms with Crippen LogP contribution >= 0.6 is 0 Å². The molecule has 1 aromatic heterocycles. The number of hydrogen-bond acceptors (Lipinski definition) is 2. The summed E-state index contributed by atoms with van der Waals surface area (Å²) in [4.78, 5) is 0. The van der Waals surface area contributed by atoms with E-state index in [-0.39, 0.29) is 0 Å². The molecule has 2 heterocycles. The van der Waals surface area contributed by atoms with Gasteiger partial charge in [-0.2, -0.15) is 5.10 Å². The highest BCUT2D eigenvalue weighted by molar-refractivity contribution is 5.30. The van der Waals surface area contributed by atoms with Crippen molar-refractivity contribution in [3.63, 3.8) is 0 Å². The van der Waals surface area contributed by atoms with Gasteiger partial charge in [0.05, 0.1) is 5.69 Å². The fourth-order valence-electron chi connectivity index (χ4n) is 2.93. The van der Waals surface area contributed by atoms with Gasteiger partial charge in [0, 0.05) is 18.2 Å². The molecule has 0 radical (unpaired) electrons. The normalized spacial score (nSPS) is 26.3. The van der Waals surface area contributed by atoms with Crippen molar-refractivity contribution in [2.45, 2.75) is 44.4 Å². The summed E-state index contributed by atoms with van der Waals surface area (Å²) in [5, 5.41) is 11.3. The van der Waals surface area contributed by atoms with Crippen molar-refractivity contribution in [2.24, 2.45) is 0 Å². The number of piperidine rings is 1. The number of aromatic nitrogens is 2. The SMILES string of the molecule is C1CCc2c([C@@H]3CCCNC3)n[nH]c2C1. The zero-order valence-electron chi connectivity index (χ0n) is 9.18. The predicted octanol–water partition coefficient (Wildman–Crippen LogP) is 1.76. The van der Waals surface area contributed by atoms with Crippen LogP contribution in [-0.4, -0.2) is 23.3 Å². The van der Waals surface area contributed by atoms with Crippen molar-refractivity contribution < 1.29 is 0 Å². The maximum Gasteiger partial charge on any atom is 0.0700 e. The van der Waals surface area contributed by atoms with E-state index >= 15 is 0 Å². The van der Waals surface area contributed by atoms with E-state index in [1.54, 1.807) is 5.56 Å². The topological polar surface area (TPSA) is 40.7 Å². The quantitative estimate of drug-likeness (QED) is 0.733. The van der Waals surface area contributed by atoms with Gasteiger partial charge < -0.3 is 5.32 Å². The van der Waals surface area contributed by atoms with Crippen LogP contribution in [0.25, 0.3) is 0 Å². The Kier molecular flexibility index (Phi) is 2.49. The largest absolute Gasteiger partial charge is 0.316 e. The molecule has 2 N–H and O–H groups in total. The van der Waals surface area contributed by atoms with E-state index < -0.39 is 0 Å². The zero-order valence-corrected chi connectivity index (χ0v) is 9.18. The van der Waals surface area contributed by atoms with Gasteiger partial charge in [-0.1, -0.05) is 0 Å². The number of aryl methyl sites for hydroxylation is 1. The van der Waals surface area contributed by atoms with E-state index in [0.717, 1.165) is 6.54 Å². The van der Waals surface area contributed by atoms with Crippen molar-refractivity contribution in [3.05, 3.63) is 17.0 Å². The molecule has 82 valence electrons. The molecule has 3 nitrogen and oxygen atoms in total. The molecule has 0 spiro atoms. The summed E-state index contributed by atoms with van der Waals surface area (Å²) >= 11 is 0. The lowest BCUT2D eigenvalue weighted by atomic mass is 9.88. The van der Waals surface area contributed by atoms with Crippen LogP contribution < -0.4 is 5.32 Å². The molecule has 3 rings (SSSR count). The minimum absolute atomic E-state index is 0.664. The second kappa shape index (κ2) is 3.97. The average Bonchev–Trinajstić information content (AvgIpc) is 2.74. The van der Waals surface area contributed by atoms with E-state index in [2.05, 4.69) is 15.5 Å². The number of fused-ring (bicyclic) bond motifs is 1. The molecule has 0 aromatic carbocycles. The summed E-state index contributed by atoms with van der Waals surface area (Å²) in [5.74, 6) is 0.664. The second-order valence-corrected chi connectivity index (χ2v) is 4.82. The van der Waals surface area contributed by atoms with E-state index in [9.17, 15) is 0 Å². The van der Waals surface area contributed by atoms with E-state index in [0.29, 0.717) is 5.92 Å². The number of nitrogens with zero attached hydrogens (tertiary/aromatic N) is 1. The zero-order chi connectivity index (χ0) is 10.1. The van der Waals surface area contributed by atoms with Gasteiger partial charge in [-0.05, 0) is 50.6 Å². The molecule has 1 aromatic rings. The van der Waals surface area contributed by atoms with Crippen LogP contribution in [0, 0.1) is 0 Å². The van der Waals surface area contributed by atoms with E-state index in [1.165, 1.54) is 56.5 Å². The van der Waals surface area contributed by atoms with Gasteiger partial charge in [-0.15, -0.1) is 0 Å². The maximum absolute atomic E-state index is 4.56. The summed E-state index contributed by atoms with van der Waals surface area (Å²) in [6, 6.07) is 0. The summed E-state index contributed by atoms with van der Waals surface area (Å²) in [7, 11) is 0. The minimum Gasteiger partial charge on any atom is -0.316 e. The van der Waals surface area contributed by atoms with E-state index in [1.807, 2.05) is 0 Å². The highest BCUT2D eigenvalue weighted by Gasteiger charge is 2.24. The standard InChI is InChI=1S/C12H19N3/c1-2-6-11-10(5-1)12(15-14-11)9-4-3-7-13-8-9/h9,13H,1-8H2,(H,14,15)/t9-/m1/s1. The lowest BCUT2D eigenvalue weighted by Crippen LogP contribution is -2.29. The van der Waals surface area contributed by atoms with Crippen LogP contribution in [0.15, 0.2) is 0 Å². The van der Waals surface area contributed by atoms with Crippen LogP contribution in [0.2, 0.25) is 0 Å². The molecule has 1 atom stereocenters. The Labute approximate surface area is 90.7 Å². The van der Waals surface area contributed by atoms with Gasteiger partial charge in [-0.25, -0.2) is 0 Å². The van der Waals surface area contributed by atoms with E-state index in [4.69, 9.17) is 0 Å². The highest BCUT2D eigenvalue weighted by atomic mass is 15.1. The Morgan fingerprint density at radius 2 is 2.07 bits per heavy atom. The summed E-state index contributed by atoms with van der Waals surface area (Å²) < 4.78 is 0. The fourth-order valence-corrected chi connectivity index (χ4v) is 2.93. The van der Waals surface area contributed by atoms with Crippen molar-refractivity contribution >= 4 is 0 Å². The third-order valence-corrected chi connectivity index (χ3v) is 3.77. The number of nitrogens with one attached hydrogen (secondary N) is 2. The highest BCUT2D eigenvalue weighted by Crippen LogP contribution is 2.30. The van der Waals surface area contributed by atoms with Gasteiger partial charge in [0.15, 0.2) is 0 Å². The average molecular weight is 205 g/mol. The lowest BCUT2D eigenvalue weighted by molar-refractivity contribution is 0.451. The molecule has 0 amide bonds. The number of hydrogen-bond donors (Lipinski definition) is 2. The maximum atomic E-state index is 4.56. The first-order chi connectivity index (χ1) is 7.45. The van der Waals surface area contributed by atoms with Crippen LogP contribution in [0.4, 0.5) is 0 Å². The minimum atomic E-state index is 0.664. The van der Waals surface area contributed by atoms with Gasteiger partial charge in [-0.3, -0.25) is 5.10 Å². The first-order valence-electron chi connectivity index (χ1n) is 6.22. The van der Waals surface area contributed by atoms with Gasteiger partial charge in [0.25, 0.3) is 0 Å². The van der Waals surface area contributed by atoms with Gasteiger partial charge >= 0.3 is 0 Å². The third kappa shape index (κ3) is 1.69. The van der Waals surface area contributed by atoms with Crippen LogP contribution in [0.1, 0.15) is 48.6 Å². The first-order valence-corrected chi connectivity index (χ1v) is 6.22. The molecule has 0 saturated carbocycles. The monoisotopic (exact) mass is 205 g/mol. The Balaban J connectivity index is 1.87. The molecular formula is C12H19N3. The smallest absolute Gasteiger partial charge is 0.0700 e. The molecule has 3 heteroatoms. The van der Waals surface area contributed by atoms with Crippen LogP contribution in [-0.2, 0) is 12.8 Å². The Morgan fingerprint density at radius 3 is 2.93 bits per heavy atom. The van der Waals surface area contributed by atoms with Crippen LogP contribution in [0.5, 0.6) is 0 Å². The van der Waals surface area contributed by atoms with Crippen molar-refractivity contribution in [2.75, 3.05) is 13.1 Å². The number of H-pyrrole nitrogens is 1. The molecule has 1 aliphatic carbocycles. The molecule has 15 heavy (non-hydrogen) atoms. The van der Waals surface area contributed by atoms with Crippen LogP contribution in [0.3, 0.4) is 0 Å². The van der Waals surface area contributed by atoms with Gasteiger partial charge in [0.2, 0.25) is 0 Å². The number of aromatic amines is 1. The molecule has 1 aliphatic heterocycles. The molecule has 1 fully saturated rings. The Morgan fingerprint density at radius 1 is 1.13 bits per heavy atom. The summed E-state index contributed by atoms with van der Waals surface area (Å²) in [6.07, 6.45) is 7.74. The molecule has 0 bridgehead atoms. The second-order valence-electron chi connectivity index (χ2n) is 4.82. The summed E-state index contributed by atoms with van der Waals surface area (Å²) in [6.45, 7) is 2.31. The molecule has 1 saturated heterocycles. The Hall–Kier alpha value is -0.830. The first kappa shape index (κ1) is 9.40. The lowest BCUT2D eigenvalue weighted by Gasteiger charge is -2.23. The van der Waals surface area contributed by atoms with Crippen molar-refractivity contribution in [3.8, 4) is 0 Å². The number of rotatable bonds is 1. The molecule has 2 aliphatic rings. The van der Waals surface area contributed by atoms with Crippen molar-refractivity contribution in [1.82, 2.24) is 15.5 Å². The molecular weight excluding hydrogens is 186 g/mol. The summed E-state index contributed by atoms with van der Waals surface area (Å²) in [5.41, 5.74) is 4.34. The Bertz CT molecular complexity index is 337. The molecule has 0 unspecified atom stereocenters. The third-order valence-electron chi connectivity index (χ3n) is 3.77. The predicted molar refractivity (Wildman–Crippen MR) is 60.1 cm³/mol.